The number of rotatable bonds is 6. The van der Waals surface area contributed by atoms with Crippen molar-refractivity contribution in [1.82, 2.24) is 0 Å². The van der Waals surface area contributed by atoms with Crippen molar-refractivity contribution < 1.29 is 41.0 Å². The van der Waals surface area contributed by atoms with Gasteiger partial charge < -0.3 is 14.6 Å². The molecule has 0 unspecified atom stereocenters. The molecule has 0 aliphatic carbocycles. The number of carbonyl (C=O) groups excluding carboxylic acids is 2. The highest BCUT2D eigenvalue weighted by atomic mass is 35.5. The number of carbonyl (C=O) groups is 2. The number of ether oxygens (including phenoxy) is 2. The van der Waals surface area contributed by atoms with Crippen molar-refractivity contribution in [2.45, 2.75) is 22.3 Å². The van der Waals surface area contributed by atoms with E-state index in [0.29, 0.717) is 11.1 Å². The largest absolute Gasteiger partial charge is 0.465 e. The van der Waals surface area contributed by atoms with Crippen molar-refractivity contribution >= 4 is 43.2 Å². The SMILES string of the molecule is COC(=O)c1cc(CCl)cc(S(C)(=O)=O)c1.COC(=O)c1cc(CO)cc(S(C)(=O)=O)c1. The predicted octanol–water partition coefficient (Wildman–Crippen LogP) is 1.98. The number of alkyl halides is 1. The first-order valence-corrected chi connectivity index (χ1v) is 13.1. The van der Waals surface area contributed by atoms with E-state index in [1.165, 1.54) is 50.6 Å². The number of sulfone groups is 2. The summed E-state index contributed by atoms with van der Waals surface area (Å²) < 4.78 is 54.4. The molecule has 0 fully saturated rings. The Balaban J connectivity index is 0.000000320. The minimum atomic E-state index is -3.42. The molecule has 1 N–H and O–H groups in total. The van der Waals surface area contributed by atoms with Crippen LogP contribution in [0.25, 0.3) is 0 Å². The van der Waals surface area contributed by atoms with E-state index in [-0.39, 0.29) is 33.4 Å². The molecule has 0 amide bonds. The fraction of sp³-hybridized carbons (Fsp3) is 0.300. The Bertz CT molecular complexity index is 1110. The first-order chi connectivity index (χ1) is 14.8. The van der Waals surface area contributed by atoms with E-state index in [2.05, 4.69) is 9.47 Å². The average Bonchev–Trinajstić information content (AvgIpc) is 2.76. The Kier molecular flexibility index (Phi) is 9.83. The minimum absolute atomic E-state index is 0.0144. The summed E-state index contributed by atoms with van der Waals surface area (Å²) >= 11 is 5.62. The Labute approximate surface area is 191 Å². The Morgan fingerprint density at radius 1 is 0.781 bits per heavy atom. The number of hydrogen-bond acceptors (Lipinski definition) is 9. The molecule has 32 heavy (non-hydrogen) atoms. The first-order valence-electron chi connectivity index (χ1n) is 8.78. The van der Waals surface area contributed by atoms with Gasteiger partial charge in [0.1, 0.15) is 0 Å². The van der Waals surface area contributed by atoms with Gasteiger partial charge in [-0.15, -0.1) is 11.6 Å². The summed E-state index contributed by atoms with van der Waals surface area (Å²) in [7, 11) is -4.35. The standard InChI is InChI=1S/C10H11ClO4S.C10H12O5S/c2*1-15-10(12)8-3-7(6-11)4-9(5-8)16(2,13)14/h3-5H,6H2,1-2H3;3-5,11H,6H2,1-2H3. The molecule has 0 aliphatic rings. The predicted molar refractivity (Wildman–Crippen MR) is 117 cm³/mol. The summed E-state index contributed by atoms with van der Waals surface area (Å²) in [5.41, 5.74) is 1.20. The van der Waals surface area contributed by atoms with Gasteiger partial charge in [-0.25, -0.2) is 26.4 Å². The van der Waals surface area contributed by atoms with Crippen LogP contribution in [-0.4, -0.2) is 60.6 Å². The van der Waals surface area contributed by atoms with Crippen molar-refractivity contribution in [2.24, 2.45) is 0 Å². The van der Waals surface area contributed by atoms with Gasteiger partial charge in [0.15, 0.2) is 19.7 Å². The maximum absolute atomic E-state index is 11.4. The lowest BCUT2D eigenvalue weighted by atomic mass is 10.1. The van der Waals surface area contributed by atoms with E-state index < -0.39 is 31.6 Å². The fourth-order valence-electron chi connectivity index (χ4n) is 2.39. The van der Waals surface area contributed by atoms with Crippen LogP contribution >= 0.6 is 11.6 Å². The molecule has 176 valence electrons. The third kappa shape index (κ3) is 7.90. The lowest BCUT2D eigenvalue weighted by molar-refractivity contribution is 0.0591. The summed E-state index contributed by atoms with van der Waals surface area (Å²) in [5, 5.41) is 8.96. The van der Waals surface area contributed by atoms with Crippen molar-refractivity contribution in [3.8, 4) is 0 Å². The molecule has 0 saturated carbocycles. The van der Waals surface area contributed by atoms with Gasteiger partial charge in [-0.2, -0.15) is 0 Å². The molecule has 0 saturated heterocycles. The number of halogens is 1. The Hall–Kier alpha value is -2.47. The molecule has 0 aliphatic heterocycles. The zero-order valence-electron chi connectivity index (χ0n) is 17.8. The topological polar surface area (TPSA) is 141 Å². The quantitative estimate of drug-likeness (QED) is 0.459. The van der Waals surface area contributed by atoms with E-state index in [1.807, 2.05) is 0 Å². The van der Waals surface area contributed by atoms with Crippen LogP contribution in [0.1, 0.15) is 31.8 Å². The van der Waals surface area contributed by atoms with E-state index in [9.17, 15) is 26.4 Å². The molecule has 2 aromatic carbocycles. The van der Waals surface area contributed by atoms with Gasteiger partial charge >= 0.3 is 11.9 Å². The molecular weight excluding hydrogens is 484 g/mol. The number of aliphatic hydroxyl groups is 1. The maximum atomic E-state index is 11.4. The lowest BCUT2D eigenvalue weighted by Crippen LogP contribution is -2.06. The minimum Gasteiger partial charge on any atom is -0.465 e. The van der Waals surface area contributed by atoms with Gasteiger partial charge in [-0.1, -0.05) is 0 Å². The Morgan fingerprint density at radius 2 is 1.16 bits per heavy atom. The third-order valence-corrected chi connectivity index (χ3v) is 6.46. The van der Waals surface area contributed by atoms with Crippen molar-refractivity contribution in [3.05, 3.63) is 58.7 Å². The number of benzene rings is 2. The second-order valence-electron chi connectivity index (χ2n) is 6.55. The summed E-state index contributed by atoms with van der Waals surface area (Å²) in [6.07, 6.45) is 2.10. The van der Waals surface area contributed by atoms with Crippen LogP contribution in [-0.2, 0) is 41.6 Å². The number of hydrogen-bond donors (Lipinski definition) is 1. The average molecular weight is 507 g/mol. The van der Waals surface area contributed by atoms with Crippen LogP contribution in [0.4, 0.5) is 0 Å². The zero-order chi connectivity index (χ0) is 24.7. The molecule has 0 bridgehead atoms. The van der Waals surface area contributed by atoms with Crippen molar-refractivity contribution in [3.63, 3.8) is 0 Å². The van der Waals surface area contributed by atoms with Crippen molar-refractivity contribution in [2.75, 3.05) is 26.7 Å². The zero-order valence-corrected chi connectivity index (χ0v) is 20.2. The van der Waals surface area contributed by atoms with E-state index >= 15 is 0 Å². The van der Waals surface area contributed by atoms with Gasteiger partial charge in [0.2, 0.25) is 0 Å². The molecule has 9 nitrogen and oxygen atoms in total. The molecular formula is C20H23ClO9S2. The van der Waals surface area contributed by atoms with Gasteiger partial charge in [0.25, 0.3) is 0 Å². The molecule has 12 heteroatoms. The normalized spacial score (nSPS) is 11.2. The molecule has 2 rings (SSSR count). The highest BCUT2D eigenvalue weighted by molar-refractivity contribution is 7.91. The smallest absolute Gasteiger partial charge is 0.337 e. The Morgan fingerprint density at radius 3 is 1.47 bits per heavy atom. The van der Waals surface area contributed by atoms with Crippen LogP contribution in [0.15, 0.2) is 46.2 Å². The summed E-state index contributed by atoms with van der Waals surface area (Å²) in [6, 6.07) is 8.15. The maximum Gasteiger partial charge on any atom is 0.337 e. The molecule has 2 aromatic rings. The second-order valence-corrected chi connectivity index (χ2v) is 10.8. The van der Waals surface area contributed by atoms with E-state index in [1.54, 1.807) is 0 Å². The molecule has 0 heterocycles. The van der Waals surface area contributed by atoms with Crippen LogP contribution < -0.4 is 0 Å². The first kappa shape index (κ1) is 27.6. The van der Waals surface area contributed by atoms with Crippen molar-refractivity contribution in [1.29, 1.82) is 0 Å². The highest BCUT2D eigenvalue weighted by Crippen LogP contribution is 2.18. The van der Waals surface area contributed by atoms with E-state index in [0.717, 1.165) is 12.5 Å². The third-order valence-electron chi connectivity index (χ3n) is 3.97. The fourth-order valence-corrected chi connectivity index (χ4v) is 3.96. The summed E-state index contributed by atoms with van der Waals surface area (Å²) in [4.78, 5) is 22.6. The van der Waals surface area contributed by atoms with Gasteiger partial charge in [-0.3, -0.25) is 0 Å². The summed E-state index contributed by atoms with van der Waals surface area (Å²) in [5.74, 6) is -1.09. The number of aliphatic hydroxyl groups excluding tert-OH is 1. The van der Waals surface area contributed by atoms with Gasteiger partial charge in [-0.05, 0) is 47.5 Å². The van der Waals surface area contributed by atoms with Crippen LogP contribution in [0.5, 0.6) is 0 Å². The van der Waals surface area contributed by atoms with Gasteiger partial charge in [0.05, 0.1) is 41.7 Å². The van der Waals surface area contributed by atoms with Crippen LogP contribution in [0.3, 0.4) is 0 Å². The van der Waals surface area contributed by atoms with Crippen LogP contribution in [0.2, 0.25) is 0 Å². The van der Waals surface area contributed by atoms with Gasteiger partial charge in [0, 0.05) is 18.4 Å². The van der Waals surface area contributed by atoms with Crippen LogP contribution in [0, 0.1) is 0 Å². The lowest BCUT2D eigenvalue weighted by Gasteiger charge is -2.05. The number of methoxy groups -OCH3 is 2. The summed E-state index contributed by atoms with van der Waals surface area (Å²) in [6.45, 7) is -0.340. The monoisotopic (exact) mass is 506 g/mol. The highest BCUT2D eigenvalue weighted by Gasteiger charge is 2.15. The molecule has 0 atom stereocenters. The molecule has 0 radical (unpaired) electrons. The van der Waals surface area contributed by atoms with E-state index in [4.69, 9.17) is 16.7 Å². The second kappa shape index (κ2) is 11.4. The molecule has 0 aromatic heterocycles. The number of esters is 2. The molecule has 0 spiro atoms.